The highest BCUT2D eigenvalue weighted by Crippen LogP contribution is 2.17. The number of hydrogen-bond acceptors (Lipinski definition) is 4. The average molecular weight is 284 g/mol. The van der Waals surface area contributed by atoms with Gasteiger partial charge in [0.25, 0.3) is 0 Å². The van der Waals surface area contributed by atoms with Crippen LogP contribution in [0.2, 0.25) is 0 Å². The summed E-state index contributed by atoms with van der Waals surface area (Å²) in [6.07, 6.45) is 3.10. The second kappa shape index (κ2) is 9.39. The van der Waals surface area contributed by atoms with Crippen molar-refractivity contribution in [1.29, 1.82) is 0 Å². The van der Waals surface area contributed by atoms with Gasteiger partial charge in [-0.05, 0) is 31.0 Å². The summed E-state index contributed by atoms with van der Waals surface area (Å²) in [5.41, 5.74) is 0.207. The van der Waals surface area contributed by atoms with Gasteiger partial charge in [0.1, 0.15) is 0 Å². The van der Waals surface area contributed by atoms with Crippen molar-refractivity contribution < 1.29 is 14.1 Å². The fraction of sp³-hybridized carbons (Fsp3) is 0.571. The Hall–Kier alpha value is -1.53. The van der Waals surface area contributed by atoms with Gasteiger partial charge in [-0.1, -0.05) is 19.4 Å². The number of halogens is 1. The van der Waals surface area contributed by atoms with Gasteiger partial charge >= 0.3 is 5.69 Å². The van der Waals surface area contributed by atoms with Crippen LogP contribution < -0.4 is 5.32 Å². The van der Waals surface area contributed by atoms with Crippen LogP contribution in [0.4, 0.5) is 10.1 Å². The van der Waals surface area contributed by atoms with Crippen LogP contribution in [-0.4, -0.2) is 24.7 Å². The molecule has 0 aliphatic rings. The van der Waals surface area contributed by atoms with E-state index in [0.29, 0.717) is 18.7 Å². The molecule has 1 N–H and O–H groups in total. The smallest absolute Gasteiger partial charge is 0.304 e. The van der Waals surface area contributed by atoms with Crippen molar-refractivity contribution in [1.82, 2.24) is 5.32 Å². The largest absolute Gasteiger partial charge is 0.381 e. The molecule has 0 radical (unpaired) electrons. The number of nitrogens with zero attached hydrogens (tertiary/aromatic N) is 1. The molecule has 5 nitrogen and oxygen atoms in total. The maximum Gasteiger partial charge on any atom is 0.304 e. The van der Waals surface area contributed by atoms with Gasteiger partial charge in [-0.25, -0.2) is 0 Å². The Bertz CT molecular complexity index is 427. The molecule has 0 atom stereocenters. The molecule has 0 amide bonds. The second-order valence-electron chi connectivity index (χ2n) is 4.54. The Morgan fingerprint density at radius 1 is 1.35 bits per heavy atom. The highest BCUT2D eigenvalue weighted by molar-refractivity contribution is 5.34. The number of nitro benzene ring substituents is 1. The Labute approximate surface area is 118 Å². The number of ether oxygens (including phenoxy) is 1. The SMILES string of the molecule is CCCCOCCCNCc1ccc([N+](=O)[O-])c(F)c1. The second-order valence-corrected chi connectivity index (χ2v) is 4.54. The minimum atomic E-state index is -0.794. The van der Waals surface area contributed by atoms with Gasteiger partial charge < -0.3 is 10.1 Å². The molecule has 0 saturated heterocycles. The van der Waals surface area contributed by atoms with E-state index in [0.717, 1.165) is 32.4 Å². The van der Waals surface area contributed by atoms with E-state index in [1.807, 2.05) is 0 Å². The van der Waals surface area contributed by atoms with E-state index in [1.165, 1.54) is 12.1 Å². The fourth-order valence-electron chi connectivity index (χ4n) is 1.69. The normalized spacial score (nSPS) is 10.7. The van der Waals surface area contributed by atoms with Gasteiger partial charge in [-0.15, -0.1) is 0 Å². The molecule has 1 aromatic rings. The van der Waals surface area contributed by atoms with Gasteiger partial charge in [0.15, 0.2) is 0 Å². The number of unbranched alkanes of at least 4 members (excludes halogenated alkanes) is 1. The first kappa shape index (κ1) is 16.5. The van der Waals surface area contributed by atoms with Crippen LogP contribution in [0, 0.1) is 15.9 Å². The van der Waals surface area contributed by atoms with Crippen molar-refractivity contribution in [3.05, 3.63) is 39.7 Å². The summed E-state index contributed by atoms with van der Waals surface area (Å²) < 4.78 is 18.8. The molecule has 0 aromatic heterocycles. The summed E-state index contributed by atoms with van der Waals surface area (Å²) in [5.74, 6) is -0.794. The van der Waals surface area contributed by atoms with E-state index < -0.39 is 16.4 Å². The third-order valence-corrected chi connectivity index (χ3v) is 2.82. The van der Waals surface area contributed by atoms with E-state index >= 15 is 0 Å². The number of rotatable bonds is 10. The highest BCUT2D eigenvalue weighted by atomic mass is 19.1. The van der Waals surface area contributed by atoms with Crippen molar-refractivity contribution in [2.75, 3.05) is 19.8 Å². The van der Waals surface area contributed by atoms with Crippen molar-refractivity contribution >= 4 is 5.69 Å². The zero-order valence-corrected chi connectivity index (χ0v) is 11.7. The monoisotopic (exact) mass is 284 g/mol. The number of benzene rings is 1. The van der Waals surface area contributed by atoms with Crippen LogP contribution in [0.3, 0.4) is 0 Å². The number of nitro groups is 1. The first-order chi connectivity index (χ1) is 9.65. The Balaban J connectivity index is 2.19. The molecule has 0 bridgehead atoms. The molecular weight excluding hydrogens is 263 g/mol. The maximum atomic E-state index is 13.4. The van der Waals surface area contributed by atoms with E-state index in [1.54, 1.807) is 6.07 Å². The molecule has 0 spiro atoms. The predicted molar refractivity (Wildman–Crippen MR) is 75.1 cm³/mol. The molecule has 0 heterocycles. The van der Waals surface area contributed by atoms with Gasteiger partial charge in [0, 0.05) is 25.8 Å². The number of hydrogen-bond donors (Lipinski definition) is 1. The van der Waals surface area contributed by atoms with E-state index in [2.05, 4.69) is 12.2 Å². The fourth-order valence-corrected chi connectivity index (χ4v) is 1.69. The van der Waals surface area contributed by atoms with Crippen LogP contribution in [-0.2, 0) is 11.3 Å². The lowest BCUT2D eigenvalue weighted by molar-refractivity contribution is -0.387. The van der Waals surface area contributed by atoms with E-state index in [9.17, 15) is 14.5 Å². The predicted octanol–water partition coefficient (Wildman–Crippen LogP) is 3.03. The van der Waals surface area contributed by atoms with Crippen molar-refractivity contribution in [2.24, 2.45) is 0 Å². The summed E-state index contributed by atoms with van der Waals surface area (Å²) in [6, 6.07) is 3.95. The van der Waals surface area contributed by atoms with Crippen LogP contribution in [0.15, 0.2) is 18.2 Å². The first-order valence-electron chi connectivity index (χ1n) is 6.86. The molecule has 0 saturated carbocycles. The van der Waals surface area contributed by atoms with Gasteiger partial charge in [0.05, 0.1) is 4.92 Å². The molecular formula is C14H21FN2O3. The topological polar surface area (TPSA) is 64.4 Å². The third kappa shape index (κ3) is 6.08. The minimum Gasteiger partial charge on any atom is -0.381 e. The molecule has 1 rings (SSSR count). The average Bonchev–Trinajstić information content (AvgIpc) is 2.41. The molecule has 0 aliphatic carbocycles. The molecule has 0 aliphatic heterocycles. The standard InChI is InChI=1S/C14H21FN2O3/c1-2-3-8-20-9-4-7-16-11-12-5-6-14(17(18)19)13(15)10-12/h5-6,10,16H,2-4,7-9,11H2,1H3. The summed E-state index contributed by atoms with van der Waals surface area (Å²) >= 11 is 0. The van der Waals surface area contributed by atoms with Gasteiger partial charge in [0.2, 0.25) is 5.82 Å². The lowest BCUT2D eigenvalue weighted by Crippen LogP contribution is -2.16. The highest BCUT2D eigenvalue weighted by Gasteiger charge is 2.13. The lowest BCUT2D eigenvalue weighted by atomic mass is 10.2. The van der Waals surface area contributed by atoms with Gasteiger partial charge in [-0.2, -0.15) is 4.39 Å². The zero-order valence-electron chi connectivity index (χ0n) is 11.7. The van der Waals surface area contributed by atoms with Crippen molar-refractivity contribution in [2.45, 2.75) is 32.7 Å². The molecule has 112 valence electrons. The Kier molecular flexibility index (Phi) is 7.75. The quantitative estimate of drug-likeness (QED) is 0.407. The maximum absolute atomic E-state index is 13.4. The molecule has 0 unspecified atom stereocenters. The summed E-state index contributed by atoms with van der Waals surface area (Å²) in [6.45, 7) is 4.88. The van der Waals surface area contributed by atoms with E-state index in [-0.39, 0.29) is 0 Å². The first-order valence-corrected chi connectivity index (χ1v) is 6.86. The lowest BCUT2D eigenvalue weighted by Gasteiger charge is -2.06. The zero-order chi connectivity index (χ0) is 14.8. The van der Waals surface area contributed by atoms with Crippen LogP contribution in [0.5, 0.6) is 0 Å². The van der Waals surface area contributed by atoms with Crippen LogP contribution in [0.25, 0.3) is 0 Å². The van der Waals surface area contributed by atoms with Crippen LogP contribution in [0.1, 0.15) is 31.7 Å². The Morgan fingerprint density at radius 2 is 2.10 bits per heavy atom. The van der Waals surface area contributed by atoms with Crippen molar-refractivity contribution in [3.63, 3.8) is 0 Å². The molecule has 20 heavy (non-hydrogen) atoms. The van der Waals surface area contributed by atoms with E-state index in [4.69, 9.17) is 4.74 Å². The van der Waals surface area contributed by atoms with Gasteiger partial charge in [-0.3, -0.25) is 10.1 Å². The number of nitrogens with one attached hydrogen (secondary N) is 1. The summed E-state index contributed by atoms with van der Waals surface area (Å²) in [4.78, 5) is 9.75. The minimum absolute atomic E-state index is 0.488. The van der Waals surface area contributed by atoms with Crippen LogP contribution >= 0.6 is 0 Å². The molecule has 6 heteroatoms. The summed E-state index contributed by atoms with van der Waals surface area (Å²) in [7, 11) is 0. The van der Waals surface area contributed by atoms with Crippen molar-refractivity contribution in [3.8, 4) is 0 Å². The Morgan fingerprint density at radius 3 is 2.75 bits per heavy atom. The summed E-state index contributed by atoms with van der Waals surface area (Å²) in [5, 5.41) is 13.6. The molecule has 0 fully saturated rings. The third-order valence-electron chi connectivity index (χ3n) is 2.82. The molecule has 1 aromatic carbocycles.